The maximum atomic E-state index is 14.1. The lowest BCUT2D eigenvalue weighted by atomic mass is 9.98. The molecule has 146 valence electrons. The van der Waals surface area contributed by atoms with Gasteiger partial charge in [0.15, 0.2) is 0 Å². The number of halogens is 2. The van der Waals surface area contributed by atoms with Crippen LogP contribution in [0.5, 0.6) is 0 Å². The number of aromatic carboxylic acids is 1. The van der Waals surface area contributed by atoms with Crippen LogP contribution in [-0.4, -0.2) is 23.8 Å². The van der Waals surface area contributed by atoms with Crippen LogP contribution in [-0.2, 0) is 4.74 Å². The van der Waals surface area contributed by atoms with Crippen molar-refractivity contribution in [1.82, 2.24) is 0 Å². The van der Waals surface area contributed by atoms with Crippen LogP contribution in [0.2, 0.25) is 5.02 Å². The molecule has 0 bridgehead atoms. The third-order valence-electron chi connectivity index (χ3n) is 4.86. The number of carbonyl (C=O) groups excluding carboxylic acids is 1. The van der Waals surface area contributed by atoms with Gasteiger partial charge in [-0.15, -0.1) is 0 Å². The van der Waals surface area contributed by atoms with Crippen molar-refractivity contribution in [3.8, 4) is 11.1 Å². The van der Waals surface area contributed by atoms with Crippen LogP contribution in [0.4, 0.5) is 14.9 Å². The number of anilines is 1. The van der Waals surface area contributed by atoms with Gasteiger partial charge in [0, 0.05) is 10.9 Å². The van der Waals surface area contributed by atoms with Crippen molar-refractivity contribution >= 4 is 29.4 Å². The van der Waals surface area contributed by atoms with Gasteiger partial charge in [0.25, 0.3) is 0 Å². The minimum atomic E-state index is -1.42. The van der Waals surface area contributed by atoms with Crippen LogP contribution < -0.4 is 5.32 Å². The van der Waals surface area contributed by atoms with Gasteiger partial charge in [-0.2, -0.15) is 0 Å². The fourth-order valence-electron chi connectivity index (χ4n) is 3.61. The summed E-state index contributed by atoms with van der Waals surface area (Å²) in [6.07, 6.45) is -0.949. The number of carboxylic acids is 1. The summed E-state index contributed by atoms with van der Waals surface area (Å²) in [5.74, 6) is -2.54. The summed E-state index contributed by atoms with van der Waals surface area (Å²) in [4.78, 5) is 23.6. The van der Waals surface area contributed by atoms with E-state index in [-0.39, 0.29) is 17.5 Å². The zero-order valence-electron chi connectivity index (χ0n) is 15.0. The number of hydrogen-bond donors (Lipinski definition) is 2. The van der Waals surface area contributed by atoms with Crippen LogP contribution in [0.15, 0.2) is 60.7 Å². The second-order valence-corrected chi connectivity index (χ2v) is 7.00. The molecule has 3 aromatic rings. The molecule has 0 saturated heterocycles. The smallest absolute Gasteiger partial charge is 0.411 e. The predicted molar refractivity (Wildman–Crippen MR) is 107 cm³/mol. The van der Waals surface area contributed by atoms with Gasteiger partial charge < -0.3 is 9.84 Å². The molecule has 7 heteroatoms. The van der Waals surface area contributed by atoms with E-state index in [0.717, 1.165) is 34.4 Å². The lowest BCUT2D eigenvalue weighted by Crippen LogP contribution is -2.20. The van der Waals surface area contributed by atoms with Gasteiger partial charge in [0.1, 0.15) is 12.4 Å². The van der Waals surface area contributed by atoms with E-state index in [1.165, 1.54) is 0 Å². The maximum Gasteiger partial charge on any atom is 0.411 e. The molecule has 0 heterocycles. The third kappa shape index (κ3) is 3.54. The number of amides is 1. The molecule has 29 heavy (non-hydrogen) atoms. The van der Waals surface area contributed by atoms with E-state index >= 15 is 0 Å². The van der Waals surface area contributed by atoms with Gasteiger partial charge in [0.05, 0.1) is 11.3 Å². The summed E-state index contributed by atoms with van der Waals surface area (Å²) in [6.45, 7) is 0.0253. The minimum Gasteiger partial charge on any atom is -0.478 e. The Hall–Kier alpha value is -3.38. The third-order valence-corrected chi connectivity index (χ3v) is 5.07. The zero-order valence-corrected chi connectivity index (χ0v) is 15.7. The largest absolute Gasteiger partial charge is 0.478 e. The SMILES string of the molecule is O=C(Nc1c(F)cc(Cl)cc1C(=O)O)OCC1c2ccccc2-c2ccccc21. The van der Waals surface area contributed by atoms with Gasteiger partial charge in [-0.05, 0) is 34.4 Å². The molecule has 1 aliphatic carbocycles. The lowest BCUT2D eigenvalue weighted by Gasteiger charge is -2.15. The summed E-state index contributed by atoms with van der Waals surface area (Å²) >= 11 is 5.70. The van der Waals surface area contributed by atoms with Crippen LogP contribution in [0.3, 0.4) is 0 Å². The zero-order chi connectivity index (χ0) is 20.5. The number of nitrogens with one attached hydrogen (secondary N) is 1. The number of benzene rings is 3. The average Bonchev–Trinajstić information content (AvgIpc) is 3.02. The quantitative estimate of drug-likeness (QED) is 0.591. The van der Waals surface area contributed by atoms with Crippen LogP contribution in [0.1, 0.15) is 27.4 Å². The molecule has 1 amide bonds. The molecule has 0 aliphatic heterocycles. The summed E-state index contributed by atoms with van der Waals surface area (Å²) in [7, 11) is 0. The van der Waals surface area contributed by atoms with Crippen molar-refractivity contribution in [3.05, 3.63) is 88.2 Å². The van der Waals surface area contributed by atoms with Gasteiger partial charge in [-0.3, -0.25) is 5.32 Å². The van der Waals surface area contributed by atoms with Crippen LogP contribution in [0.25, 0.3) is 11.1 Å². The molecule has 3 aromatic carbocycles. The Morgan fingerprint density at radius 1 is 1.03 bits per heavy atom. The van der Waals surface area contributed by atoms with E-state index in [9.17, 15) is 19.1 Å². The van der Waals surface area contributed by atoms with E-state index in [4.69, 9.17) is 16.3 Å². The number of carboxylic acid groups (broad SMARTS) is 1. The molecule has 2 N–H and O–H groups in total. The standard InChI is InChI=1S/C22H15ClFNO4/c23-12-9-17(21(26)27)20(19(24)10-12)25-22(28)29-11-18-15-7-3-1-5-13(15)14-6-2-4-8-16(14)18/h1-10,18H,11H2,(H,25,28)(H,26,27). The molecule has 0 aromatic heterocycles. The van der Waals surface area contributed by atoms with Crippen LogP contribution >= 0.6 is 11.6 Å². The highest BCUT2D eigenvalue weighted by atomic mass is 35.5. The van der Waals surface area contributed by atoms with Gasteiger partial charge in [-0.1, -0.05) is 60.1 Å². The molecule has 0 atom stereocenters. The summed E-state index contributed by atoms with van der Waals surface area (Å²) in [6, 6.07) is 17.7. The van der Waals surface area contributed by atoms with Crippen molar-refractivity contribution in [1.29, 1.82) is 0 Å². The highest BCUT2D eigenvalue weighted by Gasteiger charge is 2.29. The first-order valence-electron chi connectivity index (χ1n) is 8.80. The molecule has 1 aliphatic rings. The van der Waals surface area contributed by atoms with E-state index in [1.54, 1.807) is 0 Å². The highest BCUT2D eigenvalue weighted by molar-refractivity contribution is 6.31. The molecule has 0 saturated carbocycles. The second-order valence-electron chi connectivity index (χ2n) is 6.57. The molecule has 0 radical (unpaired) electrons. The average molecular weight is 412 g/mol. The Bertz CT molecular complexity index is 1090. The first-order chi connectivity index (χ1) is 14.0. The number of hydrogen-bond acceptors (Lipinski definition) is 3. The fourth-order valence-corrected chi connectivity index (χ4v) is 3.81. The molecule has 5 nitrogen and oxygen atoms in total. The van der Waals surface area contributed by atoms with Crippen molar-refractivity contribution in [2.75, 3.05) is 11.9 Å². The Balaban J connectivity index is 1.54. The van der Waals surface area contributed by atoms with Crippen molar-refractivity contribution < 1.29 is 23.8 Å². The van der Waals surface area contributed by atoms with Crippen molar-refractivity contribution in [2.24, 2.45) is 0 Å². The molecule has 4 rings (SSSR count). The van der Waals surface area contributed by atoms with Crippen molar-refractivity contribution in [3.63, 3.8) is 0 Å². The summed E-state index contributed by atoms with van der Waals surface area (Å²) in [5, 5.41) is 11.3. The van der Waals surface area contributed by atoms with Gasteiger partial charge >= 0.3 is 12.1 Å². The molecular formula is C22H15ClFNO4. The number of carbonyl (C=O) groups is 2. The van der Waals surface area contributed by atoms with Crippen molar-refractivity contribution in [2.45, 2.75) is 5.92 Å². The molecular weight excluding hydrogens is 397 g/mol. The van der Waals surface area contributed by atoms with Crippen LogP contribution in [0, 0.1) is 5.82 Å². The maximum absolute atomic E-state index is 14.1. The van der Waals surface area contributed by atoms with E-state index in [2.05, 4.69) is 5.32 Å². The number of rotatable bonds is 4. The Morgan fingerprint density at radius 3 is 2.21 bits per heavy atom. The molecule has 0 unspecified atom stereocenters. The minimum absolute atomic E-state index is 0.0253. The molecule has 0 spiro atoms. The number of fused-ring (bicyclic) bond motifs is 3. The van der Waals surface area contributed by atoms with Gasteiger partial charge in [0.2, 0.25) is 0 Å². The predicted octanol–water partition coefficient (Wildman–Crippen LogP) is 5.54. The monoisotopic (exact) mass is 411 g/mol. The van der Waals surface area contributed by atoms with E-state index in [0.29, 0.717) is 0 Å². The van der Waals surface area contributed by atoms with E-state index in [1.807, 2.05) is 48.5 Å². The molecule has 0 fully saturated rings. The fraction of sp³-hybridized carbons (Fsp3) is 0.0909. The van der Waals surface area contributed by atoms with E-state index < -0.39 is 29.1 Å². The first-order valence-corrected chi connectivity index (χ1v) is 9.18. The summed E-state index contributed by atoms with van der Waals surface area (Å²) < 4.78 is 19.5. The normalized spacial score (nSPS) is 12.2. The highest BCUT2D eigenvalue weighted by Crippen LogP contribution is 2.44. The topological polar surface area (TPSA) is 75.6 Å². The van der Waals surface area contributed by atoms with Gasteiger partial charge in [-0.25, -0.2) is 14.0 Å². The Morgan fingerprint density at radius 2 is 1.62 bits per heavy atom. The lowest BCUT2D eigenvalue weighted by molar-refractivity contribution is 0.0697. The second kappa shape index (κ2) is 7.56. The number of ether oxygens (including phenoxy) is 1. The summed E-state index contributed by atoms with van der Waals surface area (Å²) in [5.41, 5.74) is 3.28. The first kappa shape index (κ1) is 19.0. The Kier molecular flexibility index (Phi) is 4.94. The Labute approximate surface area is 170 Å².